The molecule has 0 unspecified atom stereocenters. The third kappa shape index (κ3) is 4.48. The maximum absolute atomic E-state index is 9.03. The first kappa shape index (κ1) is 23.5. The zero-order valence-electron chi connectivity index (χ0n) is 18.6. The Labute approximate surface area is 164 Å². The molecule has 0 atom stereocenters. The second-order valence-corrected chi connectivity index (χ2v) is 50.2. The fraction of sp³-hybridized carbons (Fsp3) is 0.632. The van der Waals surface area contributed by atoms with Gasteiger partial charge in [0.05, 0.1) is 39.9 Å². The average Bonchev–Trinajstić information content (AvgIpc) is 2.43. The topological polar surface area (TPSA) is 47.1 Å². The first-order chi connectivity index (χ1) is 11.5. The van der Waals surface area contributed by atoms with E-state index < -0.39 is 35.2 Å². The lowest BCUT2D eigenvalue weighted by Gasteiger charge is -2.55. The SMILES string of the molecule is CC(C)([N]O[Si]([Si](C)(C)C)([Si](C)(C)C)[Si](C)(C)C)c1ccc(C#N)cc1. The summed E-state index contributed by atoms with van der Waals surface area (Å²) in [5.41, 5.74) is 6.30. The van der Waals surface area contributed by atoms with Crippen LogP contribution in [0.4, 0.5) is 0 Å². The van der Waals surface area contributed by atoms with Crippen LogP contribution in [0.25, 0.3) is 0 Å². The molecule has 0 aliphatic rings. The third-order valence-corrected chi connectivity index (χ3v) is 72.3. The molecule has 0 heterocycles. The highest BCUT2D eigenvalue weighted by atomic mass is 29.9. The van der Waals surface area contributed by atoms with Gasteiger partial charge in [0.1, 0.15) is 0 Å². The van der Waals surface area contributed by atoms with Crippen LogP contribution < -0.4 is 5.48 Å². The number of nitrogens with zero attached hydrogens (tertiary/aromatic N) is 2. The second-order valence-electron chi connectivity index (χ2n) is 10.9. The van der Waals surface area contributed by atoms with Crippen molar-refractivity contribution in [2.75, 3.05) is 0 Å². The van der Waals surface area contributed by atoms with Crippen LogP contribution in [0.2, 0.25) is 58.9 Å². The van der Waals surface area contributed by atoms with Crippen LogP contribution in [0, 0.1) is 11.3 Å². The number of benzene rings is 1. The van der Waals surface area contributed by atoms with E-state index in [4.69, 9.17) is 15.3 Å². The van der Waals surface area contributed by atoms with E-state index in [0.29, 0.717) is 5.56 Å². The summed E-state index contributed by atoms with van der Waals surface area (Å²) in [6.07, 6.45) is 0. The molecule has 0 amide bonds. The van der Waals surface area contributed by atoms with Crippen LogP contribution in [0.15, 0.2) is 24.3 Å². The van der Waals surface area contributed by atoms with Crippen molar-refractivity contribution in [3.05, 3.63) is 35.4 Å². The Kier molecular flexibility index (Phi) is 6.78. The van der Waals surface area contributed by atoms with Gasteiger partial charge in [-0.1, -0.05) is 76.5 Å². The van der Waals surface area contributed by atoms with Gasteiger partial charge in [0, 0.05) is 0 Å². The molecule has 0 N–H and O–H groups in total. The van der Waals surface area contributed by atoms with Crippen molar-refractivity contribution in [2.24, 2.45) is 0 Å². The molecule has 7 heteroatoms. The number of hydroxylamine groups is 1. The van der Waals surface area contributed by atoms with E-state index in [1.54, 1.807) is 0 Å². The Hall–Kier alpha value is -0.502. The van der Waals surface area contributed by atoms with Gasteiger partial charge in [0.2, 0.25) is 0 Å². The predicted molar refractivity (Wildman–Crippen MR) is 123 cm³/mol. The minimum atomic E-state index is -1.96. The normalized spacial score (nSPS) is 14.2. The Bertz CT molecular complexity index is 623. The van der Waals surface area contributed by atoms with E-state index >= 15 is 0 Å². The lowest BCUT2D eigenvalue weighted by Crippen LogP contribution is -2.85. The summed E-state index contributed by atoms with van der Waals surface area (Å²) in [7, 11) is -4.56. The van der Waals surface area contributed by atoms with Gasteiger partial charge in [0.15, 0.2) is 6.87 Å². The molecule has 1 rings (SSSR count). The Morgan fingerprint density at radius 2 is 1.19 bits per heavy atom. The quantitative estimate of drug-likeness (QED) is 0.429. The highest BCUT2D eigenvalue weighted by molar-refractivity contribution is 7.87. The van der Waals surface area contributed by atoms with Crippen LogP contribution in [0.3, 0.4) is 0 Å². The minimum absolute atomic E-state index is 0.412. The molecule has 26 heavy (non-hydrogen) atoms. The summed E-state index contributed by atoms with van der Waals surface area (Å²) in [6, 6.07) is 9.93. The summed E-state index contributed by atoms with van der Waals surface area (Å²) in [6.45, 7) is 24.8. The fourth-order valence-corrected chi connectivity index (χ4v) is 96.8. The summed E-state index contributed by atoms with van der Waals surface area (Å²) in [4.78, 5) is 0. The summed E-state index contributed by atoms with van der Waals surface area (Å²) < 4.78 is 6.88. The molecular formula is C19H37N2OSi4. The van der Waals surface area contributed by atoms with Crippen LogP contribution in [-0.2, 0) is 10.1 Å². The van der Waals surface area contributed by atoms with Gasteiger partial charge in [0.25, 0.3) is 0 Å². The monoisotopic (exact) mass is 421 g/mol. The van der Waals surface area contributed by atoms with E-state index in [9.17, 15) is 0 Å². The maximum Gasteiger partial charge on any atom is 0.187 e. The van der Waals surface area contributed by atoms with Gasteiger partial charge in [-0.3, -0.25) is 0 Å². The lowest BCUT2D eigenvalue weighted by molar-refractivity contribution is 0.0991. The largest absolute Gasteiger partial charge is 0.337 e. The number of hydrogen-bond acceptors (Lipinski definition) is 2. The molecule has 145 valence electrons. The molecule has 0 fully saturated rings. The second kappa shape index (κ2) is 7.49. The van der Waals surface area contributed by atoms with E-state index in [2.05, 4.69) is 78.8 Å². The minimum Gasteiger partial charge on any atom is -0.337 e. The highest BCUT2D eigenvalue weighted by Crippen LogP contribution is 2.38. The van der Waals surface area contributed by atoms with Crippen LogP contribution in [0.5, 0.6) is 0 Å². The van der Waals surface area contributed by atoms with Crippen molar-refractivity contribution in [1.82, 2.24) is 5.48 Å². The van der Waals surface area contributed by atoms with Crippen molar-refractivity contribution in [3.8, 4) is 6.07 Å². The van der Waals surface area contributed by atoms with E-state index in [1.165, 1.54) is 0 Å². The van der Waals surface area contributed by atoms with E-state index in [1.807, 2.05) is 24.3 Å². The fourth-order valence-electron chi connectivity index (χ4n) is 4.97. The molecule has 3 nitrogen and oxygen atoms in total. The van der Waals surface area contributed by atoms with Gasteiger partial charge >= 0.3 is 0 Å². The molecular weight excluding hydrogens is 385 g/mol. The molecule has 1 radical (unpaired) electrons. The molecule has 0 saturated heterocycles. The van der Waals surface area contributed by atoms with Gasteiger partial charge in [-0.15, -0.1) is 0 Å². The lowest BCUT2D eigenvalue weighted by atomic mass is 9.95. The molecule has 0 aliphatic heterocycles. The summed E-state index contributed by atoms with van der Waals surface area (Å²) in [5.74, 6) is 0. The first-order valence-electron chi connectivity index (χ1n) is 9.41. The average molecular weight is 422 g/mol. The maximum atomic E-state index is 9.03. The first-order valence-corrected chi connectivity index (χ1v) is 24.8. The van der Waals surface area contributed by atoms with E-state index in [0.717, 1.165) is 5.56 Å². The molecule has 0 aromatic heterocycles. The third-order valence-electron chi connectivity index (χ3n) is 5.30. The van der Waals surface area contributed by atoms with Crippen molar-refractivity contribution in [3.63, 3.8) is 0 Å². The summed E-state index contributed by atoms with van der Waals surface area (Å²) in [5, 5.41) is 9.03. The van der Waals surface area contributed by atoms with E-state index in [-0.39, 0.29) is 0 Å². The highest BCUT2D eigenvalue weighted by Gasteiger charge is 2.65. The molecule has 0 bridgehead atoms. The van der Waals surface area contributed by atoms with Gasteiger partial charge in [-0.25, -0.2) is 0 Å². The van der Waals surface area contributed by atoms with Gasteiger partial charge in [-0.05, 0) is 31.5 Å². The van der Waals surface area contributed by atoms with Crippen molar-refractivity contribution >= 4 is 29.6 Å². The zero-order chi connectivity index (χ0) is 20.6. The Morgan fingerprint density at radius 3 is 1.50 bits per heavy atom. The predicted octanol–water partition coefficient (Wildman–Crippen LogP) is 5.52. The van der Waals surface area contributed by atoms with Crippen molar-refractivity contribution in [1.29, 1.82) is 5.26 Å². The Balaban J connectivity index is 3.30. The van der Waals surface area contributed by atoms with Crippen LogP contribution in [-0.4, -0.2) is 29.6 Å². The Morgan fingerprint density at radius 1 is 0.808 bits per heavy atom. The number of hydrogen-bond donors (Lipinski definition) is 0. The molecule has 0 aliphatic carbocycles. The summed E-state index contributed by atoms with van der Waals surface area (Å²) >= 11 is 0. The van der Waals surface area contributed by atoms with Crippen LogP contribution in [0.1, 0.15) is 25.0 Å². The van der Waals surface area contributed by atoms with Crippen molar-refractivity contribution < 1.29 is 4.53 Å². The van der Waals surface area contributed by atoms with Gasteiger partial charge < -0.3 is 4.53 Å². The van der Waals surface area contributed by atoms with Gasteiger partial charge in [-0.2, -0.15) is 5.26 Å². The number of rotatable bonds is 7. The van der Waals surface area contributed by atoms with Crippen molar-refractivity contribution in [2.45, 2.75) is 78.3 Å². The molecule has 0 saturated carbocycles. The molecule has 1 aromatic rings. The smallest absolute Gasteiger partial charge is 0.187 e. The van der Waals surface area contributed by atoms with Crippen LogP contribution >= 0.6 is 0 Å². The number of nitriles is 1. The molecule has 0 spiro atoms. The zero-order valence-corrected chi connectivity index (χ0v) is 22.6. The standard InChI is InChI=1S/C19H37N2OSi4/c1-19(2,18-14-12-17(16-20)13-15-18)21-22-26(23(3,4)5,24(6,7)8)25(9,10)11/h12-15H,1-11H3. The molecule has 1 aromatic carbocycles.